The molecule has 29 heavy (non-hydrogen) atoms. The van der Waals surface area contributed by atoms with Crippen LogP contribution >= 0.6 is 11.8 Å². The molecule has 1 atom stereocenters. The summed E-state index contributed by atoms with van der Waals surface area (Å²) in [6, 6.07) is 22.5. The molecule has 3 aromatic carbocycles. The number of rotatable bonds is 5. The molecule has 0 aromatic heterocycles. The number of benzene rings is 3. The Hall–Kier alpha value is -3.12. The zero-order valence-corrected chi connectivity index (χ0v) is 17.2. The van der Waals surface area contributed by atoms with E-state index in [-0.39, 0.29) is 11.2 Å². The third-order valence-electron chi connectivity index (χ3n) is 4.83. The van der Waals surface area contributed by atoms with Crippen molar-refractivity contribution in [1.29, 1.82) is 0 Å². The summed E-state index contributed by atoms with van der Waals surface area (Å²) in [5.74, 6) is -0.0211. The van der Waals surface area contributed by atoms with Crippen LogP contribution in [-0.4, -0.2) is 36.6 Å². The van der Waals surface area contributed by atoms with Crippen molar-refractivity contribution in [2.75, 3.05) is 19.0 Å². The van der Waals surface area contributed by atoms with Gasteiger partial charge < -0.3 is 10.2 Å². The molecule has 1 aliphatic rings. The zero-order valence-electron chi connectivity index (χ0n) is 16.4. The SMILES string of the molecule is CN(C)c1ccc(C=N/N=C2\NC(=O)C(Cc3cccc4ccccc34)S2)cc1. The summed E-state index contributed by atoms with van der Waals surface area (Å²) in [4.78, 5) is 14.4. The van der Waals surface area contributed by atoms with Gasteiger partial charge in [0.05, 0.1) is 11.5 Å². The van der Waals surface area contributed by atoms with Gasteiger partial charge in [0.25, 0.3) is 0 Å². The predicted molar refractivity (Wildman–Crippen MR) is 123 cm³/mol. The average Bonchev–Trinajstić information content (AvgIpc) is 3.08. The Morgan fingerprint density at radius 2 is 1.79 bits per heavy atom. The zero-order chi connectivity index (χ0) is 20.2. The van der Waals surface area contributed by atoms with Crippen molar-refractivity contribution in [3.63, 3.8) is 0 Å². The summed E-state index contributed by atoms with van der Waals surface area (Å²) in [7, 11) is 4.01. The smallest absolute Gasteiger partial charge is 0.239 e. The fourth-order valence-electron chi connectivity index (χ4n) is 3.26. The standard InChI is InChI=1S/C23H22N4OS/c1-27(2)19-12-10-16(11-13-19)15-24-26-23-25-22(28)21(29-23)14-18-8-5-7-17-6-3-4-9-20(17)18/h3-13,15,21H,14H2,1-2H3,(H,25,26,28). The van der Waals surface area contributed by atoms with Gasteiger partial charge in [0, 0.05) is 19.8 Å². The molecular weight excluding hydrogens is 380 g/mol. The van der Waals surface area contributed by atoms with Gasteiger partial charge in [-0.15, -0.1) is 5.10 Å². The van der Waals surface area contributed by atoms with Gasteiger partial charge in [-0.05, 0) is 40.5 Å². The molecule has 1 amide bonds. The van der Waals surface area contributed by atoms with E-state index in [1.807, 2.05) is 61.5 Å². The molecule has 1 N–H and O–H groups in total. The van der Waals surface area contributed by atoms with Crippen molar-refractivity contribution in [2.45, 2.75) is 11.7 Å². The van der Waals surface area contributed by atoms with E-state index in [0.717, 1.165) is 11.3 Å². The number of hydrogen-bond acceptors (Lipinski definition) is 5. The Bertz CT molecular complexity index is 1080. The van der Waals surface area contributed by atoms with Crippen molar-refractivity contribution in [2.24, 2.45) is 10.2 Å². The lowest BCUT2D eigenvalue weighted by Crippen LogP contribution is -2.26. The van der Waals surface area contributed by atoms with E-state index < -0.39 is 0 Å². The Balaban J connectivity index is 1.43. The van der Waals surface area contributed by atoms with Gasteiger partial charge in [0.15, 0.2) is 5.17 Å². The van der Waals surface area contributed by atoms with E-state index in [1.54, 1.807) is 6.21 Å². The van der Waals surface area contributed by atoms with Crippen LogP contribution in [0.1, 0.15) is 11.1 Å². The van der Waals surface area contributed by atoms with Gasteiger partial charge in [-0.25, -0.2) is 0 Å². The molecule has 5 nitrogen and oxygen atoms in total. The highest BCUT2D eigenvalue weighted by atomic mass is 32.2. The van der Waals surface area contributed by atoms with Crippen LogP contribution in [0.25, 0.3) is 10.8 Å². The number of nitrogens with one attached hydrogen (secondary N) is 1. The largest absolute Gasteiger partial charge is 0.378 e. The Morgan fingerprint density at radius 1 is 1.03 bits per heavy atom. The van der Waals surface area contributed by atoms with Crippen LogP contribution in [0.3, 0.4) is 0 Å². The first kappa shape index (κ1) is 19.2. The Morgan fingerprint density at radius 3 is 2.59 bits per heavy atom. The lowest BCUT2D eigenvalue weighted by molar-refractivity contribution is -0.118. The highest BCUT2D eigenvalue weighted by molar-refractivity contribution is 8.15. The molecule has 1 heterocycles. The molecule has 1 fully saturated rings. The van der Waals surface area contributed by atoms with E-state index >= 15 is 0 Å². The number of hydrogen-bond donors (Lipinski definition) is 1. The molecule has 146 valence electrons. The van der Waals surface area contributed by atoms with Gasteiger partial charge in [0.1, 0.15) is 0 Å². The summed E-state index contributed by atoms with van der Waals surface area (Å²) < 4.78 is 0. The highest BCUT2D eigenvalue weighted by Gasteiger charge is 2.30. The second-order valence-electron chi connectivity index (χ2n) is 7.07. The third-order valence-corrected chi connectivity index (χ3v) is 5.90. The number of anilines is 1. The van der Waals surface area contributed by atoms with Crippen molar-refractivity contribution in [1.82, 2.24) is 5.32 Å². The summed E-state index contributed by atoms with van der Waals surface area (Å²) in [5, 5.41) is 13.9. The minimum absolute atomic E-state index is 0.0211. The second kappa shape index (κ2) is 8.49. The number of amidine groups is 1. The molecule has 0 saturated carbocycles. The number of carbonyl (C=O) groups is 1. The first-order valence-electron chi connectivity index (χ1n) is 9.43. The molecule has 0 spiro atoms. The lowest BCUT2D eigenvalue weighted by atomic mass is 10.0. The molecular formula is C23H22N4OS. The molecule has 0 radical (unpaired) electrons. The topological polar surface area (TPSA) is 57.1 Å². The van der Waals surface area contributed by atoms with Crippen LogP contribution in [0.4, 0.5) is 5.69 Å². The minimum Gasteiger partial charge on any atom is -0.378 e. The van der Waals surface area contributed by atoms with E-state index in [0.29, 0.717) is 11.6 Å². The van der Waals surface area contributed by atoms with Gasteiger partial charge in [-0.2, -0.15) is 5.10 Å². The van der Waals surface area contributed by atoms with E-state index in [9.17, 15) is 4.79 Å². The van der Waals surface area contributed by atoms with Gasteiger partial charge in [-0.1, -0.05) is 66.4 Å². The van der Waals surface area contributed by atoms with E-state index in [1.165, 1.54) is 28.1 Å². The Kier molecular flexibility index (Phi) is 5.62. The lowest BCUT2D eigenvalue weighted by Gasteiger charge is -2.11. The second-order valence-corrected chi connectivity index (χ2v) is 8.27. The first-order valence-corrected chi connectivity index (χ1v) is 10.3. The van der Waals surface area contributed by atoms with Gasteiger partial charge in [-0.3, -0.25) is 4.79 Å². The van der Waals surface area contributed by atoms with E-state index in [2.05, 4.69) is 39.8 Å². The van der Waals surface area contributed by atoms with Crippen molar-refractivity contribution >= 4 is 45.5 Å². The number of carbonyl (C=O) groups excluding carboxylic acids is 1. The molecule has 3 aromatic rings. The van der Waals surface area contributed by atoms with E-state index in [4.69, 9.17) is 0 Å². The normalized spacial score (nSPS) is 17.9. The molecule has 1 unspecified atom stereocenters. The number of nitrogens with zero attached hydrogens (tertiary/aromatic N) is 3. The number of amides is 1. The van der Waals surface area contributed by atoms with Crippen LogP contribution in [-0.2, 0) is 11.2 Å². The molecule has 0 aliphatic carbocycles. The average molecular weight is 403 g/mol. The number of fused-ring (bicyclic) bond motifs is 1. The fourth-order valence-corrected chi connectivity index (χ4v) is 4.22. The van der Waals surface area contributed by atoms with Crippen molar-refractivity contribution in [3.05, 3.63) is 77.9 Å². The molecule has 1 saturated heterocycles. The maximum absolute atomic E-state index is 12.4. The highest BCUT2D eigenvalue weighted by Crippen LogP contribution is 2.27. The minimum atomic E-state index is -0.200. The summed E-state index contributed by atoms with van der Waals surface area (Å²) in [6.45, 7) is 0. The molecule has 0 bridgehead atoms. The first-order chi connectivity index (χ1) is 14.1. The van der Waals surface area contributed by atoms with Crippen LogP contribution in [0, 0.1) is 0 Å². The summed E-state index contributed by atoms with van der Waals surface area (Å²) in [6.07, 6.45) is 2.35. The predicted octanol–water partition coefficient (Wildman–Crippen LogP) is 4.07. The van der Waals surface area contributed by atoms with Crippen molar-refractivity contribution < 1.29 is 4.79 Å². The van der Waals surface area contributed by atoms with Crippen molar-refractivity contribution in [3.8, 4) is 0 Å². The summed E-state index contributed by atoms with van der Waals surface area (Å²) in [5.41, 5.74) is 3.26. The van der Waals surface area contributed by atoms with Crippen LogP contribution in [0.2, 0.25) is 0 Å². The fraction of sp³-hybridized carbons (Fsp3) is 0.174. The maximum Gasteiger partial charge on any atom is 0.239 e. The summed E-state index contributed by atoms with van der Waals surface area (Å²) >= 11 is 1.43. The monoisotopic (exact) mass is 402 g/mol. The molecule has 4 rings (SSSR count). The number of thioether (sulfide) groups is 1. The van der Waals surface area contributed by atoms with Crippen LogP contribution in [0.5, 0.6) is 0 Å². The third kappa shape index (κ3) is 4.49. The van der Waals surface area contributed by atoms with Crippen LogP contribution < -0.4 is 10.2 Å². The van der Waals surface area contributed by atoms with Crippen LogP contribution in [0.15, 0.2) is 76.9 Å². The molecule has 6 heteroatoms. The van der Waals surface area contributed by atoms with Gasteiger partial charge in [0.2, 0.25) is 5.91 Å². The Labute approximate surface area is 174 Å². The molecule has 1 aliphatic heterocycles. The quantitative estimate of drug-likeness (QED) is 0.517. The maximum atomic E-state index is 12.4. The van der Waals surface area contributed by atoms with Gasteiger partial charge >= 0.3 is 0 Å².